The highest BCUT2D eigenvalue weighted by Gasteiger charge is 2.28. The fourth-order valence-electron chi connectivity index (χ4n) is 3.07. The lowest BCUT2D eigenvalue weighted by Gasteiger charge is -2.11. The molecule has 0 amide bonds. The molecule has 2 heterocycles. The molecule has 0 fully saturated rings. The molecule has 0 radical (unpaired) electrons. The highest BCUT2D eigenvalue weighted by molar-refractivity contribution is 7.98. The van der Waals surface area contributed by atoms with Crippen LogP contribution in [0.4, 0.5) is 13.2 Å². The largest absolute Gasteiger partial charge is 0.497 e. The molecule has 4 rings (SSSR count). The van der Waals surface area contributed by atoms with Gasteiger partial charge in [-0.1, -0.05) is 36.0 Å². The van der Waals surface area contributed by atoms with Gasteiger partial charge in [0.1, 0.15) is 17.3 Å². The van der Waals surface area contributed by atoms with E-state index in [4.69, 9.17) is 13.9 Å². The van der Waals surface area contributed by atoms with Crippen LogP contribution >= 0.6 is 11.8 Å². The van der Waals surface area contributed by atoms with E-state index < -0.39 is 12.8 Å². The first-order valence-electron chi connectivity index (χ1n) is 9.92. The van der Waals surface area contributed by atoms with Crippen LogP contribution in [0.5, 0.6) is 11.5 Å². The molecule has 2 aromatic carbocycles. The Hall–Kier alpha value is -3.40. The minimum Gasteiger partial charge on any atom is -0.497 e. The Kier molecular flexibility index (Phi) is 6.93. The Morgan fingerprint density at radius 1 is 1.00 bits per heavy atom. The normalized spacial score (nSPS) is 11.5. The second kappa shape index (κ2) is 10.0. The molecule has 0 saturated heterocycles. The minimum absolute atomic E-state index is 0.169. The van der Waals surface area contributed by atoms with E-state index in [1.165, 1.54) is 23.9 Å². The molecule has 0 spiro atoms. The maximum absolute atomic E-state index is 12.3. The van der Waals surface area contributed by atoms with Crippen molar-refractivity contribution in [2.75, 3.05) is 13.7 Å². The summed E-state index contributed by atoms with van der Waals surface area (Å²) in [6.07, 6.45) is -2.76. The van der Waals surface area contributed by atoms with Gasteiger partial charge in [-0.3, -0.25) is 4.57 Å². The monoisotopic (exact) mass is 475 g/mol. The summed E-state index contributed by atoms with van der Waals surface area (Å²) in [5.41, 5.74) is 1.77. The number of hydrogen-bond donors (Lipinski definition) is 0. The van der Waals surface area contributed by atoms with E-state index in [-0.39, 0.29) is 5.75 Å². The third kappa shape index (κ3) is 6.10. The summed E-state index contributed by atoms with van der Waals surface area (Å²) in [6.45, 7) is -0.872. The maximum Gasteiger partial charge on any atom is 0.422 e. The van der Waals surface area contributed by atoms with Gasteiger partial charge in [-0.25, -0.2) is 0 Å². The van der Waals surface area contributed by atoms with Crippen LogP contribution in [0.1, 0.15) is 11.3 Å². The number of thioether (sulfide) groups is 1. The van der Waals surface area contributed by atoms with E-state index >= 15 is 0 Å². The van der Waals surface area contributed by atoms with Crippen molar-refractivity contribution in [1.82, 2.24) is 14.8 Å². The highest BCUT2D eigenvalue weighted by Crippen LogP contribution is 2.29. The van der Waals surface area contributed by atoms with Crippen LogP contribution < -0.4 is 9.47 Å². The van der Waals surface area contributed by atoms with E-state index in [2.05, 4.69) is 10.2 Å². The number of aromatic nitrogens is 3. The summed E-state index contributed by atoms with van der Waals surface area (Å²) in [6, 6.07) is 17.8. The second-order valence-corrected chi connectivity index (χ2v) is 7.98. The third-order valence-corrected chi connectivity index (χ3v) is 5.67. The van der Waals surface area contributed by atoms with Crippen molar-refractivity contribution < 1.29 is 27.1 Å². The fraction of sp³-hybridized carbons (Fsp3) is 0.217. The van der Waals surface area contributed by atoms with E-state index in [1.54, 1.807) is 25.5 Å². The van der Waals surface area contributed by atoms with Gasteiger partial charge in [0, 0.05) is 11.3 Å². The summed E-state index contributed by atoms with van der Waals surface area (Å²) in [5, 5.41) is 9.43. The van der Waals surface area contributed by atoms with Gasteiger partial charge < -0.3 is 13.9 Å². The van der Waals surface area contributed by atoms with Gasteiger partial charge in [0.25, 0.3) is 0 Å². The van der Waals surface area contributed by atoms with Gasteiger partial charge in [0.15, 0.2) is 17.6 Å². The van der Waals surface area contributed by atoms with Crippen molar-refractivity contribution >= 4 is 11.8 Å². The summed E-state index contributed by atoms with van der Waals surface area (Å²) in [5.74, 6) is 2.86. The van der Waals surface area contributed by atoms with E-state index in [1.807, 2.05) is 41.0 Å². The number of hydrogen-bond acceptors (Lipinski definition) is 6. The Bertz CT molecular complexity index is 1180. The Labute approximate surface area is 192 Å². The van der Waals surface area contributed by atoms with Gasteiger partial charge in [-0.15, -0.1) is 10.2 Å². The molecule has 172 valence electrons. The van der Waals surface area contributed by atoms with Gasteiger partial charge in [0.2, 0.25) is 0 Å². The van der Waals surface area contributed by atoms with Gasteiger partial charge in [-0.2, -0.15) is 13.2 Å². The number of benzene rings is 2. The van der Waals surface area contributed by atoms with E-state index in [0.717, 1.165) is 16.9 Å². The predicted molar refractivity (Wildman–Crippen MR) is 117 cm³/mol. The van der Waals surface area contributed by atoms with Crippen molar-refractivity contribution in [2.45, 2.75) is 23.6 Å². The Morgan fingerprint density at radius 3 is 2.52 bits per heavy atom. The van der Waals surface area contributed by atoms with Gasteiger partial charge >= 0.3 is 6.18 Å². The van der Waals surface area contributed by atoms with Gasteiger partial charge in [-0.05, 0) is 42.0 Å². The number of furan rings is 1. The van der Waals surface area contributed by atoms with Crippen LogP contribution in [0.3, 0.4) is 0 Å². The Balaban J connectivity index is 1.52. The van der Waals surface area contributed by atoms with Crippen LogP contribution in [0.15, 0.2) is 76.5 Å². The molecule has 0 atom stereocenters. The topological polar surface area (TPSA) is 62.3 Å². The number of rotatable bonds is 9. The number of nitrogens with zero attached hydrogens (tertiary/aromatic N) is 3. The number of ether oxygens (including phenoxy) is 2. The first kappa shape index (κ1) is 22.8. The molecule has 4 aromatic rings. The molecule has 2 aromatic heterocycles. The standard InChI is InChI=1S/C23H20F3N3O3S/c1-30-19-5-2-4-17(12-19)21-27-28-22(29(21)13-20-6-3-11-31-20)33-14-16-7-9-18(10-8-16)32-15-23(24,25)26/h2-12H,13-15H2,1H3. The van der Waals surface area contributed by atoms with Crippen molar-refractivity contribution in [3.63, 3.8) is 0 Å². The Morgan fingerprint density at radius 2 is 1.82 bits per heavy atom. The van der Waals surface area contributed by atoms with Crippen molar-refractivity contribution in [3.8, 4) is 22.9 Å². The molecule has 10 heteroatoms. The highest BCUT2D eigenvalue weighted by atomic mass is 32.2. The van der Waals surface area contributed by atoms with E-state index in [0.29, 0.717) is 29.0 Å². The lowest BCUT2D eigenvalue weighted by atomic mass is 10.2. The van der Waals surface area contributed by atoms with Gasteiger partial charge in [0.05, 0.1) is 19.9 Å². The molecule has 6 nitrogen and oxygen atoms in total. The molecule has 0 aliphatic carbocycles. The molecule has 0 aliphatic rings. The number of methoxy groups -OCH3 is 1. The number of alkyl halides is 3. The maximum atomic E-state index is 12.3. The third-order valence-electron chi connectivity index (χ3n) is 4.63. The average molecular weight is 475 g/mol. The molecule has 0 N–H and O–H groups in total. The predicted octanol–water partition coefficient (Wildman–Crippen LogP) is 5.83. The summed E-state index contributed by atoms with van der Waals surface area (Å²) in [7, 11) is 1.60. The van der Waals surface area contributed by atoms with Crippen LogP contribution in [0, 0.1) is 0 Å². The second-order valence-electron chi connectivity index (χ2n) is 7.04. The molecular weight excluding hydrogens is 455 g/mol. The molecule has 0 unspecified atom stereocenters. The van der Waals surface area contributed by atoms with Crippen LogP contribution in [0.25, 0.3) is 11.4 Å². The zero-order valence-corrected chi connectivity index (χ0v) is 18.4. The lowest BCUT2D eigenvalue weighted by Crippen LogP contribution is -2.19. The van der Waals surface area contributed by atoms with Crippen LogP contribution in [0.2, 0.25) is 0 Å². The van der Waals surface area contributed by atoms with Crippen molar-refractivity contribution in [1.29, 1.82) is 0 Å². The fourth-order valence-corrected chi connectivity index (χ4v) is 3.96. The number of halogens is 3. The van der Waals surface area contributed by atoms with Crippen LogP contribution in [-0.2, 0) is 12.3 Å². The molecule has 0 saturated carbocycles. The molecule has 0 aliphatic heterocycles. The summed E-state index contributed by atoms with van der Waals surface area (Å²) < 4.78 is 54.5. The van der Waals surface area contributed by atoms with Crippen molar-refractivity contribution in [2.24, 2.45) is 0 Å². The van der Waals surface area contributed by atoms with Crippen LogP contribution in [-0.4, -0.2) is 34.7 Å². The lowest BCUT2D eigenvalue weighted by molar-refractivity contribution is -0.153. The minimum atomic E-state index is -4.37. The van der Waals surface area contributed by atoms with Crippen molar-refractivity contribution in [3.05, 3.63) is 78.3 Å². The molecule has 33 heavy (non-hydrogen) atoms. The quantitative estimate of drug-likeness (QED) is 0.284. The van der Waals surface area contributed by atoms with E-state index in [9.17, 15) is 13.2 Å². The average Bonchev–Trinajstić information content (AvgIpc) is 3.47. The summed E-state index contributed by atoms with van der Waals surface area (Å²) in [4.78, 5) is 0. The first-order chi connectivity index (χ1) is 15.9. The smallest absolute Gasteiger partial charge is 0.422 e. The summed E-state index contributed by atoms with van der Waals surface area (Å²) >= 11 is 1.47. The first-order valence-corrected chi connectivity index (χ1v) is 10.9. The SMILES string of the molecule is COc1cccc(-c2nnc(SCc3ccc(OCC(F)(F)F)cc3)n2Cc2ccco2)c1. The zero-order chi connectivity index (χ0) is 23.3. The molecule has 0 bridgehead atoms. The molecular formula is C23H20F3N3O3S. The zero-order valence-electron chi connectivity index (χ0n) is 17.6.